The number of amides is 2. The monoisotopic (exact) mass is 476 g/mol. The number of alkyl carbamates (subject to hydrolysis) is 1. The van der Waals surface area contributed by atoms with Gasteiger partial charge in [-0.25, -0.2) is 9.59 Å². The van der Waals surface area contributed by atoms with Crippen molar-refractivity contribution in [1.29, 1.82) is 0 Å². The van der Waals surface area contributed by atoms with Crippen LogP contribution in [-0.2, 0) is 14.3 Å². The molecule has 3 N–H and O–H groups in total. The van der Waals surface area contributed by atoms with Crippen LogP contribution in [0.3, 0.4) is 0 Å². The number of hydrogen-bond acceptors (Lipinski definition) is 4. The van der Waals surface area contributed by atoms with Gasteiger partial charge in [-0.15, -0.1) is 0 Å². The molecule has 0 bridgehead atoms. The smallest absolute Gasteiger partial charge is 0.408 e. The minimum absolute atomic E-state index is 0.0702. The van der Waals surface area contributed by atoms with Crippen LogP contribution in [0.25, 0.3) is 11.1 Å². The summed E-state index contributed by atoms with van der Waals surface area (Å²) in [5.74, 6) is -1.16. The van der Waals surface area contributed by atoms with Crippen LogP contribution >= 0.6 is 0 Å². The van der Waals surface area contributed by atoms with Crippen molar-refractivity contribution in [3.63, 3.8) is 0 Å². The zero-order chi connectivity index (χ0) is 24.4. The van der Waals surface area contributed by atoms with Gasteiger partial charge in [0, 0.05) is 5.92 Å². The van der Waals surface area contributed by atoms with E-state index in [0.717, 1.165) is 54.4 Å². The van der Waals surface area contributed by atoms with Gasteiger partial charge in [-0.3, -0.25) is 4.79 Å². The van der Waals surface area contributed by atoms with E-state index < -0.39 is 29.6 Å². The molecule has 1 atom stereocenters. The summed E-state index contributed by atoms with van der Waals surface area (Å²) < 4.78 is 5.70. The molecule has 7 nitrogen and oxygen atoms in total. The summed E-state index contributed by atoms with van der Waals surface area (Å²) in [6.45, 7) is 0.164. The van der Waals surface area contributed by atoms with Crippen molar-refractivity contribution in [2.75, 3.05) is 6.61 Å². The first-order chi connectivity index (χ1) is 17.0. The molecule has 2 aromatic carbocycles. The first kappa shape index (κ1) is 23.4. The molecule has 2 fully saturated rings. The van der Waals surface area contributed by atoms with Crippen molar-refractivity contribution >= 4 is 18.0 Å². The first-order valence-corrected chi connectivity index (χ1v) is 12.6. The molecule has 0 aliphatic heterocycles. The van der Waals surface area contributed by atoms with Crippen LogP contribution in [0.2, 0.25) is 0 Å². The molecule has 2 saturated carbocycles. The molecular formula is C28H32N2O5. The average molecular weight is 477 g/mol. The molecule has 5 rings (SSSR count). The fourth-order valence-corrected chi connectivity index (χ4v) is 5.60. The summed E-state index contributed by atoms with van der Waals surface area (Å²) in [5, 5.41) is 15.2. The molecule has 0 aromatic heterocycles. The summed E-state index contributed by atoms with van der Waals surface area (Å²) in [6, 6.07) is 15.3. The number of carbonyl (C=O) groups is 3. The molecule has 35 heavy (non-hydrogen) atoms. The van der Waals surface area contributed by atoms with E-state index >= 15 is 0 Å². The molecule has 3 aliphatic carbocycles. The maximum absolute atomic E-state index is 13.3. The Morgan fingerprint density at radius 2 is 1.54 bits per heavy atom. The Bertz CT molecular complexity index is 1070. The number of nitrogens with one attached hydrogen (secondary N) is 2. The van der Waals surface area contributed by atoms with Crippen LogP contribution in [0.4, 0.5) is 4.79 Å². The Morgan fingerprint density at radius 1 is 0.943 bits per heavy atom. The van der Waals surface area contributed by atoms with E-state index in [1.165, 1.54) is 0 Å². The number of carbonyl (C=O) groups excluding carboxylic acids is 2. The van der Waals surface area contributed by atoms with Gasteiger partial charge in [-0.1, -0.05) is 80.6 Å². The number of carboxylic acids is 1. The predicted octanol–water partition coefficient (Wildman–Crippen LogP) is 4.60. The Hall–Kier alpha value is -3.35. The third-order valence-corrected chi connectivity index (χ3v) is 7.70. The Morgan fingerprint density at radius 3 is 2.11 bits per heavy atom. The second-order valence-corrected chi connectivity index (χ2v) is 10.1. The van der Waals surface area contributed by atoms with Gasteiger partial charge in [0.2, 0.25) is 5.91 Å². The number of hydrogen-bond donors (Lipinski definition) is 3. The van der Waals surface area contributed by atoms with Crippen molar-refractivity contribution < 1.29 is 24.2 Å². The lowest BCUT2D eigenvalue weighted by Crippen LogP contribution is -2.62. The molecule has 3 aliphatic rings. The van der Waals surface area contributed by atoms with Gasteiger partial charge in [0.05, 0.1) is 0 Å². The van der Waals surface area contributed by atoms with Gasteiger partial charge in [0.15, 0.2) is 0 Å². The van der Waals surface area contributed by atoms with Crippen LogP contribution in [0.1, 0.15) is 68.4 Å². The van der Waals surface area contributed by atoms with Gasteiger partial charge in [0.1, 0.15) is 18.2 Å². The van der Waals surface area contributed by atoms with Crippen LogP contribution < -0.4 is 10.6 Å². The number of benzene rings is 2. The van der Waals surface area contributed by atoms with Gasteiger partial charge in [-0.05, 0) is 47.4 Å². The number of ether oxygens (including phenoxy) is 1. The van der Waals surface area contributed by atoms with E-state index in [9.17, 15) is 19.5 Å². The lowest BCUT2D eigenvalue weighted by atomic mass is 9.80. The van der Waals surface area contributed by atoms with Crippen molar-refractivity contribution in [3.8, 4) is 11.1 Å². The van der Waals surface area contributed by atoms with Crippen LogP contribution in [0.15, 0.2) is 48.5 Å². The summed E-state index contributed by atoms with van der Waals surface area (Å²) in [4.78, 5) is 38.0. The fourth-order valence-electron chi connectivity index (χ4n) is 5.60. The van der Waals surface area contributed by atoms with E-state index in [2.05, 4.69) is 34.9 Å². The predicted molar refractivity (Wildman–Crippen MR) is 131 cm³/mol. The molecule has 2 aromatic rings. The van der Waals surface area contributed by atoms with Gasteiger partial charge in [-0.2, -0.15) is 0 Å². The van der Waals surface area contributed by atoms with E-state index in [0.29, 0.717) is 25.2 Å². The van der Waals surface area contributed by atoms with Crippen LogP contribution in [0.5, 0.6) is 0 Å². The molecule has 0 saturated heterocycles. The SMILES string of the molecule is O=C(NC1(C(=O)NC(CC2CC2)C(=O)O)CCCCC1)OCC1c2ccccc2-c2ccccc21. The average Bonchev–Trinajstić information content (AvgIpc) is 3.63. The molecule has 0 heterocycles. The molecule has 0 radical (unpaired) electrons. The van der Waals surface area contributed by atoms with E-state index in [-0.39, 0.29) is 12.5 Å². The van der Waals surface area contributed by atoms with E-state index in [1.807, 2.05) is 24.3 Å². The molecule has 7 heteroatoms. The molecule has 1 unspecified atom stereocenters. The van der Waals surface area contributed by atoms with Crippen molar-refractivity contribution in [3.05, 3.63) is 59.7 Å². The minimum atomic E-state index is -1.14. The highest BCUT2D eigenvalue weighted by atomic mass is 16.5. The summed E-state index contributed by atoms with van der Waals surface area (Å²) in [6.07, 6.45) is 5.30. The standard InChI is InChI=1S/C28H32N2O5/c31-25(32)24(16-18-12-13-18)29-26(33)28(14-6-1-7-15-28)30-27(34)35-17-23-21-10-4-2-8-19(21)20-9-3-5-11-22(20)23/h2-5,8-11,18,23-24H,1,6-7,12-17H2,(H,29,33)(H,30,34)(H,31,32). The lowest BCUT2D eigenvalue weighted by molar-refractivity contribution is -0.143. The zero-order valence-corrected chi connectivity index (χ0v) is 19.8. The third kappa shape index (κ3) is 4.90. The second kappa shape index (κ2) is 9.72. The quantitative estimate of drug-likeness (QED) is 0.517. The van der Waals surface area contributed by atoms with E-state index in [4.69, 9.17) is 4.74 Å². The highest BCUT2D eigenvalue weighted by molar-refractivity contribution is 5.93. The van der Waals surface area contributed by atoms with Crippen LogP contribution in [0, 0.1) is 5.92 Å². The summed E-state index contributed by atoms with van der Waals surface area (Å²) >= 11 is 0. The maximum atomic E-state index is 13.3. The molecule has 184 valence electrons. The second-order valence-electron chi connectivity index (χ2n) is 10.1. The van der Waals surface area contributed by atoms with Gasteiger partial charge >= 0.3 is 12.1 Å². The highest BCUT2D eigenvalue weighted by Gasteiger charge is 2.43. The van der Waals surface area contributed by atoms with Crippen LogP contribution in [-0.4, -0.2) is 41.3 Å². The largest absolute Gasteiger partial charge is 0.480 e. The first-order valence-electron chi connectivity index (χ1n) is 12.6. The molecule has 0 spiro atoms. The maximum Gasteiger partial charge on any atom is 0.408 e. The van der Waals surface area contributed by atoms with Crippen molar-refractivity contribution in [2.45, 2.75) is 68.9 Å². The topological polar surface area (TPSA) is 105 Å². The number of aliphatic carboxylic acids is 1. The Balaban J connectivity index is 1.27. The Labute approximate surface area is 205 Å². The zero-order valence-electron chi connectivity index (χ0n) is 19.8. The normalized spacial score (nSPS) is 19.2. The third-order valence-electron chi connectivity index (χ3n) is 7.70. The highest BCUT2D eigenvalue weighted by Crippen LogP contribution is 2.44. The fraction of sp³-hybridized carbons (Fsp3) is 0.464. The molecule has 2 amide bonds. The summed E-state index contributed by atoms with van der Waals surface area (Å²) in [7, 11) is 0. The van der Waals surface area contributed by atoms with Crippen molar-refractivity contribution in [1.82, 2.24) is 10.6 Å². The van der Waals surface area contributed by atoms with Gasteiger partial charge < -0.3 is 20.5 Å². The van der Waals surface area contributed by atoms with E-state index in [1.54, 1.807) is 0 Å². The lowest BCUT2D eigenvalue weighted by Gasteiger charge is -2.37. The summed E-state index contributed by atoms with van der Waals surface area (Å²) in [5.41, 5.74) is 3.40. The van der Waals surface area contributed by atoms with Gasteiger partial charge in [0.25, 0.3) is 0 Å². The number of carboxylic acid groups (broad SMARTS) is 1. The minimum Gasteiger partial charge on any atom is -0.480 e. The molecular weight excluding hydrogens is 444 g/mol. The number of fused-ring (bicyclic) bond motifs is 3. The number of rotatable bonds is 8. The Kier molecular flexibility index (Phi) is 6.50. The van der Waals surface area contributed by atoms with Crippen molar-refractivity contribution in [2.24, 2.45) is 5.92 Å².